The van der Waals surface area contributed by atoms with Crippen molar-refractivity contribution in [2.75, 3.05) is 0 Å². The summed E-state index contributed by atoms with van der Waals surface area (Å²) in [6, 6.07) is 17.0. The Balaban J connectivity index is 0.000000191. The first-order chi connectivity index (χ1) is 9.26. The second-order valence-electron chi connectivity index (χ2n) is 3.80. The molecule has 0 aliphatic heterocycles. The van der Waals surface area contributed by atoms with E-state index >= 15 is 0 Å². The van der Waals surface area contributed by atoms with E-state index in [-0.39, 0.29) is 0 Å². The summed E-state index contributed by atoms with van der Waals surface area (Å²) in [4.78, 5) is 0. The van der Waals surface area contributed by atoms with Gasteiger partial charge in [0.25, 0.3) is 0 Å². The molecule has 2 rings (SSSR count). The normalized spacial score (nSPS) is 9.47. The standard InChI is InChI=1S/C10H10.C8H8O/c1-2-3-7-10-8-5-4-6-9-10;1-2-7-3-5-8(9)6-4-7/h2-9H,1H2;2-6,9H,1H2. The first kappa shape index (κ1) is 14.5. The third kappa shape index (κ3) is 6.08. The van der Waals surface area contributed by atoms with Crippen LogP contribution in [0.15, 0.2) is 79.9 Å². The van der Waals surface area contributed by atoms with Crippen LogP contribution >= 0.6 is 0 Å². The zero-order valence-electron chi connectivity index (χ0n) is 10.9. The van der Waals surface area contributed by atoms with Gasteiger partial charge in [-0.3, -0.25) is 0 Å². The number of phenolic OH excluding ortho intramolecular Hbond substituents is 1. The van der Waals surface area contributed by atoms with Crippen molar-refractivity contribution in [1.29, 1.82) is 0 Å². The second kappa shape index (κ2) is 8.54. The lowest BCUT2D eigenvalue weighted by Gasteiger charge is -1.90. The lowest BCUT2D eigenvalue weighted by Crippen LogP contribution is -1.67. The quantitative estimate of drug-likeness (QED) is 0.766. The van der Waals surface area contributed by atoms with Gasteiger partial charge in [0.1, 0.15) is 5.75 Å². The van der Waals surface area contributed by atoms with E-state index in [1.165, 1.54) is 5.56 Å². The molecule has 0 amide bonds. The van der Waals surface area contributed by atoms with Gasteiger partial charge in [0.05, 0.1) is 0 Å². The van der Waals surface area contributed by atoms with E-state index in [1.54, 1.807) is 24.3 Å². The largest absolute Gasteiger partial charge is 0.508 e. The van der Waals surface area contributed by atoms with Gasteiger partial charge in [-0.15, -0.1) is 0 Å². The SMILES string of the molecule is C=CC=Cc1ccccc1.C=Cc1ccc(O)cc1. The molecule has 2 aromatic rings. The first-order valence-electron chi connectivity index (χ1n) is 6.02. The molecule has 1 N–H and O–H groups in total. The summed E-state index contributed by atoms with van der Waals surface area (Å²) in [6.07, 6.45) is 7.45. The summed E-state index contributed by atoms with van der Waals surface area (Å²) in [5.41, 5.74) is 2.23. The molecule has 0 saturated heterocycles. The molecule has 0 saturated carbocycles. The van der Waals surface area contributed by atoms with Crippen LogP contribution in [-0.4, -0.2) is 5.11 Å². The smallest absolute Gasteiger partial charge is 0.115 e. The van der Waals surface area contributed by atoms with Crippen LogP contribution in [0.5, 0.6) is 5.75 Å². The molecule has 0 radical (unpaired) electrons. The molecule has 0 aliphatic rings. The van der Waals surface area contributed by atoms with E-state index in [9.17, 15) is 0 Å². The van der Waals surface area contributed by atoms with Gasteiger partial charge in [0.15, 0.2) is 0 Å². The molecule has 96 valence electrons. The van der Waals surface area contributed by atoms with Crippen molar-refractivity contribution >= 4 is 12.2 Å². The highest BCUT2D eigenvalue weighted by molar-refractivity contribution is 5.50. The summed E-state index contributed by atoms with van der Waals surface area (Å²) < 4.78 is 0. The number of aromatic hydroxyl groups is 1. The maximum absolute atomic E-state index is 8.82. The molecule has 2 aromatic carbocycles. The molecule has 0 fully saturated rings. The summed E-state index contributed by atoms with van der Waals surface area (Å²) in [5, 5.41) is 8.82. The zero-order chi connectivity index (χ0) is 13.9. The van der Waals surface area contributed by atoms with Gasteiger partial charge in [-0.25, -0.2) is 0 Å². The first-order valence-corrected chi connectivity index (χ1v) is 6.02. The number of phenols is 1. The van der Waals surface area contributed by atoms with Crippen molar-refractivity contribution in [3.8, 4) is 5.75 Å². The van der Waals surface area contributed by atoms with E-state index in [0.29, 0.717) is 5.75 Å². The van der Waals surface area contributed by atoms with Gasteiger partial charge < -0.3 is 5.11 Å². The van der Waals surface area contributed by atoms with Crippen LogP contribution in [-0.2, 0) is 0 Å². The summed E-state index contributed by atoms with van der Waals surface area (Å²) in [6.45, 7) is 7.17. The Morgan fingerprint density at radius 3 is 1.95 bits per heavy atom. The van der Waals surface area contributed by atoms with Crippen molar-refractivity contribution in [1.82, 2.24) is 0 Å². The van der Waals surface area contributed by atoms with Crippen LogP contribution < -0.4 is 0 Å². The second-order valence-corrected chi connectivity index (χ2v) is 3.80. The van der Waals surface area contributed by atoms with Gasteiger partial charge in [-0.05, 0) is 23.3 Å². The van der Waals surface area contributed by atoms with Crippen LogP contribution in [0.4, 0.5) is 0 Å². The Hall–Kier alpha value is -2.54. The minimum absolute atomic E-state index is 0.292. The van der Waals surface area contributed by atoms with E-state index in [4.69, 9.17) is 5.11 Å². The zero-order valence-corrected chi connectivity index (χ0v) is 10.9. The van der Waals surface area contributed by atoms with Crippen molar-refractivity contribution in [3.63, 3.8) is 0 Å². The fourth-order valence-corrected chi connectivity index (χ4v) is 1.35. The number of rotatable bonds is 3. The monoisotopic (exact) mass is 250 g/mol. The van der Waals surface area contributed by atoms with Gasteiger partial charge in [0, 0.05) is 0 Å². The maximum Gasteiger partial charge on any atom is 0.115 e. The Bertz CT molecular complexity index is 521. The van der Waals surface area contributed by atoms with Crippen LogP contribution in [0.2, 0.25) is 0 Å². The molecule has 0 bridgehead atoms. The van der Waals surface area contributed by atoms with E-state index in [2.05, 4.69) is 25.3 Å². The Morgan fingerprint density at radius 1 is 0.789 bits per heavy atom. The highest BCUT2D eigenvalue weighted by Gasteiger charge is 1.84. The molecular formula is C18H18O. The average Bonchev–Trinajstić information content (AvgIpc) is 2.48. The van der Waals surface area contributed by atoms with Gasteiger partial charge in [-0.2, -0.15) is 0 Å². The van der Waals surface area contributed by atoms with Gasteiger partial charge in [-0.1, -0.05) is 79.9 Å². The highest BCUT2D eigenvalue weighted by Crippen LogP contribution is 2.09. The Labute approximate surface area is 114 Å². The van der Waals surface area contributed by atoms with Gasteiger partial charge >= 0.3 is 0 Å². The molecule has 19 heavy (non-hydrogen) atoms. The fraction of sp³-hybridized carbons (Fsp3) is 0. The predicted molar refractivity (Wildman–Crippen MR) is 83.9 cm³/mol. The third-order valence-electron chi connectivity index (χ3n) is 2.35. The topological polar surface area (TPSA) is 20.2 Å². The number of hydrogen-bond donors (Lipinski definition) is 1. The molecule has 1 nitrogen and oxygen atoms in total. The molecule has 0 aromatic heterocycles. The molecule has 1 heteroatoms. The Kier molecular flexibility index (Phi) is 6.52. The van der Waals surface area contributed by atoms with Crippen LogP contribution in [0.1, 0.15) is 11.1 Å². The minimum Gasteiger partial charge on any atom is -0.508 e. The molecular weight excluding hydrogens is 232 g/mol. The summed E-state index contributed by atoms with van der Waals surface area (Å²) >= 11 is 0. The minimum atomic E-state index is 0.292. The molecule has 0 atom stereocenters. The lowest BCUT2D eigenvalue weighted by atomic mass is 10.2. The van der Waals surface area contributed by atoms with Crippen molar-refractivity contribution < 1.29 is 5.11 Å². The number of allylic oxidation sites excluding steroid dienone is 2. The molecule has 0 heterocycles. The number of hydrogen-bond acceptors (Lipinski definition) is 1. The summed E-state index contributed by atoms with van der Waals surface area (Å²) in [5.74, 6) is 0.292. The average molecular weight is 250 g/mol. The van der Waals surface area contributed by atoms with Crippen LogP contribution in [0, 0.1) is 0 Å². The van der Waals surface area contributed by atoms with E-state index in [0.717, 1.165) is 5.56 Å². The molecule has 0 aliphatic carbocycles. The predicted octanol–water partition coefficient (Wildman–Crippen LogP) is 4.92. The highest BCUT2D eigenvalue weighted by atomic mass is 16.3. The van der Waals surface area contributed by atoms with Crippen molar-refractivity contribution in [2.45, 2.75) is 0 Å². The van der Waals surface area contributed by atoms with E-state index in [1.807, 2.05) is 42.5 Å². The van der Waals surface area contributed by atoms with Crippen molar-refractivity contribution in [2.24, 2.45) is 0 Å². The summed E-state index contributed by atoms with van der Waals surface area (Å²) in [7, 11) is 0. The number of benzene rings is 2. The molecule has 0 spiro atoms. The van der Waals surface area contributed by atoms with E-state index < -0.39 is 0 Å². The third-order valence-corrected chi connectivity index (χ3v) is 2.35. The Morgan fingerprint density at radius 2 is 1.42 bits per heavy atom. The molecule has 0 unspecified atom stereocenters. The van der Waals surface area contributed by atoms with Crippen LogP contribution in [0.3, 0.4) is 0 Å². The van der Waals surface area contributed by atoms with Gasteiger partial charge in [0.2, 0.25) is 0 Å². The lowest BCUT2D eigenvalue weighted by molar-refractivity contribution is 0.475. The maximum atomic E-state index is 8.82. The van der Waals surface area contributed by atoms with Crippen LogP contribution in [0.25, 0.3) is 12.2 Å². The van der Waals surface area contributed by atoms with Crippen molar-refractivity contribution in [3.05, 3.63) is 91.0 Å². The fourth-order valence-electron chi connectivity index (χ4n) is 1.35.